The predicted molar refractivity (Wildman–Crippen MR) is 125 cm³/mol. The van der Waals surface area contributed by atoms with Gasteiger partial charge in [-0.15, -0.1) is 0 Å². The number of carbonyl (C=O) groups is 1. The van der Waals surface area contributed by atoms with Crippen molar-refractivity contribution in [3.63, 3.8) is 0 Å². The number of imidazole rings is 1. The third-order valence-electron chi connectivity index (χ3n) is 5.42. The summed E-state index contributed by atoms with van der Waals surface area (Å²) in [5.74, 6) is 0.0161. The molecule has 5 aromatic rings. The Morgan fingerprint density at radius 1 is 1.00 bits per heavy atom. The molecule has 0 bridgehead atoms. The Kier molecular flexibility index (Phi) is 5.48. The molecule has 10 heteroatoms. The number of rotatable bonds is 5. The minimum Gasteiger partial charge on any atom is -0.497 e. The molecule has 35 heavy (non-hydrogen) atoms. The molecule has 0 saturated carbocycles. The number of ether oxygens (including phenoxy) is 1. The molecular formula is C25H18F3N5O2. The number of anilines is 1. The second-order valence-electron chi connectivity index (χ2n) is 7.62. The monoisotopic (exact) mass is 477 g/mol. The first-order chi connectivity index (χ1) is 16.8. The van der Waals surface area contributed by atoms with Crippen LogP contribution in [0.15, 0.2) is 79.0 Å². The van der Waals surface area contributed by atoms with Gasteiger partial charge in [-0.25, -0.2) is 9.67 Å². The summed E-state index contributed by atoms with van der Waals surface area (Å²) in [4.78, 5) is 20.8. The molecule has 2 N–H and O–H groups in total. The summed E-state index contributed by atoms with van der Waals surface area (Å²) in [5.41, 5.74) is 0.719. The smallest absolute Gasteiger partial charge is 0.434 e. The lowest BCUT2D eigenvalue weighted by atomic mass is 10.1. The fourth-order valence-corrected chi connectivity index (χ4v) is 3.78. The molecule has 0 fully saturated rings. The predicted octanol–water partition coefficient (Wildman–Crippen LogP) is 5.70. The van der Waals surface area contributed by atoms with Crippen molar-refractivity contribution in [1.29, 1.82) is 0 Å². The van der Waals surface area contributed by atoms with Crippen LogP contribution in [0, 0.1) is 0 Å². The third-order valence-corrected chi connectivity index (χ3v) is 5.42. The number of amides is 1. The lowest BCUT2D eigenvalue weighted by Crippen LogP contribution is -2.21. The Morgan fingerprint density at radius 2 is 1.71 bits per heavy atom. The van der Waals surface area contributed by atoms with E-state index in [1.165, 1.54) is 31.4 Å². The van der Waals surface area contributed by atoms with Crippen LogP contribution in [-0.2, 0) is 6.18 Å². The number of carbonyl (C=O) groups excluding carboxylic acids is 1. The molecule has 3 aromatic carbocycles. The van der Waals surface area contributed by atoms with Crippen LogP contribution in [0.1, 0.15) is 16.1 Å². The van der Waals surface area contributed by atoms with Crippen molar-refractivity contribution in [2.75, 3.05) is 12.4 Å². The normalized spacial score (nSPS) is 11.5. The molecule has 0 atom stereocenters. The molecule has 0 spiro atoms. The summed E-state index contributed by atoms with van der Waals surface area (Å²) in [6, 6.07) is 20.0. The highest BCUT2D eigenvalue weighted by molar-refractivity contribution is 6.07. The van der Waals surface area contributed by atoms with Gasteiger partial charge in [-0.2, -0.15) is 18.3 Å². The van der Waals surface area contributed by atoms with E-state index >= 15 is 0 Å². The molecule has 0 saturated heterocycles. The Bertz CT molecular complexity index is 1490. The van der Waals surface area contributed by atoms with Crippen molar-refractivity contribution in [3.05, 3.63) is 90.3 Å². The average molecular weight is 477 g/mol. The summed E-state index contributed by atoms with van der Waals surface area (Å²) in [5, 5.41) is 6.45. The summed E-state index contributed by atoms with van der Waals surface area (Å²) in [6.45, 7) is 0. The number of halogens is 3. The standard InChI is InChI=1S/C25H18F3N5O2/c1-35-16-12-10-15(11-13-16)33-22(25(26,27)28)18(14-29-33)24(34)32-19-7-3-2-6-17(19)23-30-20-8-4-5-9-21(20)31-23/h2-14H,1H3,(H,30,31)(H,32,34). The van der Waals surface area contributed by atoms with Crippen molar-refractivity contribution < 1.29 is 22.7 Å². The number of nitrogens with zero attached hydrogens (tertiary/aromatic N) is 3. The van der Waals surface area contributed by atoms with Gasteiger partial charge in [0.05, 0.1) is 41.3 Å². The van der Waals surface area contributed by atoms with Gasteiger partial charge in [-0.1, -0.05) is 24.3 Å². The maximum Gasteiger partial charge on any atom is 0.434 e. The number of alkyl halides is 3. The van der Waals surface area contributed by atoms with E-state index in [1.54, 1.807) is 24.3 Å². The van der Waals surface area contributed by atoms with Gasteiger partial charge in [0, 0.05) is 5.56 Å². The molecule has 2 aromatic heterocycles. The first-order valence-corrected chi connectivity index (χ1v) is 10.5. The molecule has 0 unspecified atom stereocenters. The number of methoxy groups -OCH3 is 1. The zero-order valence-corrected chi connectivity index (χ0v) is 18.3. The van der Waals surface area contributed by atoms with Gasteiger partial charge in [-0.05, 0) is 48.5 Å². The summed E-state index contributed by atoms with van der Waals surface area (Å²) >= 11 is 0. The van der Waals surface area contributed by atoms with Gasteiger partial charge in [0.15, 0.2) is 5.69 Å². The number of aromatic amines is 1. The molecule has 7 nitrogen and oxygen atoms in total. The number of fused-ring (bicyclic) bond motifs is 1. The van der Waals surface area contributed by atoms with Gasteiger partial charge in [0.25, 0.3) is 5.91 Å². The number of nitrogens with one attached hydrogen (secondary N) is 2. The maximum absolute atomic E-state index is 14.1. The summed E-state index contributed by atoms with van der Waals surface area (Å²) < 4.78 is 47.9. The van der Waals surface area contributed by atoms with Gasteiger partial charge in [-0.3, -0.25) is 4.79 Å². The molecule has 5 rings (SSSR count). The van der Waals surface area contributed by atoms with Crippen LogP contribution < -0.4 is 10.1 Å². The molecule has 0 aliphatic rings. The lowest BCUT2D eigenvalue weighted by molar-refractivity contribution is -0.143. The molecule has 2 heterocycles. The number of H-pyrrole nitrogens is 1. The highest BCUT2D eigenvalue weighted by atomic mass is 19.4. The number of benzene rings is 3. The largest absolute Gasteiger partial charge is 0.497 e. The zero-order valence-electron chi connectivity index (χ0n) is 18.3. The van der Waals surface area contributed by atoms with Crippen molar-refractivity contribution in [2.24, 2.45) is 0 Å². The van der Waals surface area contributed by atoms with E-state index in [4.69, 9.17) is 4.74 Å². The van der Waals surface area contributed by atoms with Crippen molar-refractivity contribution in [3.8, 4) is 22.8 Å². The summed E-state index contributed by atoms with van der Waals surface area (Å²) in [6.07, 6.45) is -3.92. The zero-order chi connectivity index (χ0) is 24.6. The van der Waals surface area contributed by atoms with Gasteiger partial charge >= 0.3 is 6.18 Å². The van der Waals surface area contributed by atoms with Crippen LogP contribution in [0.5, 0.6) is 5.75 Å². The van der Waals surface area contributed by atoms with E-state index in [0.29, 0.717) is 27.5 Å². The molecule has 176 valence electrons. The summed E-state index contributed by atoms with van der Waals surface area (Å²) in [7, 11) is 1.45. The average Bonchev–Trinajstić information content (AvgIpc) is 3.49. The topological polar surface area (TPSA) is 84.8 Å². The van der Waals surface area contributed by atoms with Crippen LogP contribution >= 0.6 is 0 Å². The molecule has 0 aliphatic carbocycles. The number of hydrogen-bond acceptors (Lipinski definition) is 4. The highest BCUT2D eigenvalue weighted by Gasteiger charge is 2.40. The Labute approximate surface area is 197 Å². The first kappa shape index (κ1) is 22.2. The molecular weight excluding hydrogens is 459 g/mol. The van der Waals surface area contributed by atoms with E-state index in [-0.39, 0.29) is 5.69 Å². The van der Waals surface area contributed by atoms with E-state index in [9.17, 15) is 18.0 Å². The second-order valence-corrected chi connectivity index (χ2v) is 7.62. The van der Waals surface area contributed by atoms with Crippen molar-refractivity contribution in [2.45, 2.75) is 6.18 Å². The van der Waals surface area contributed by atoms with Crippen LogP contribution in [-0.4, -0.2) is 32.8 Å². The number of para-hydroxylation sites is 3. The molecule has 0 radical (unpaired) electrons. The van der Waals surface area contributed by atoms with Gasteiger partial charge in [0.1, 0.15) is 11.6 Å². The third kappa shape index (κ3) is 4.21. The number of hydrogen-bond donors (Lipinski definition) is 2. The van der Waals surface area contributed by atoms with Gasteiger partial charge in [0.2, 0.25) is 0 Å². The fraction of sp³-hybridized carbons (Fsp3) is 0.0800. The Balaban J connectivity index is 1.52. The first-order valence-electron chi connectivity index (χ1n) is 10.5. The van der Waals surface area contributed by atoms with Crippen LogP contribution in [0.25, 0.3) is 28.1 Å². The fourth-order valence-electron chi connectivity index (χ4n) is 3.78. The number of aromatic nitrogens is 4. The highest BCUT2D eigenvalue weighted by Crippen LogP contribution is 2.35. The molecule has 1 amide bonds. The minimum atomic E-state index is -4.83. The maximum atomic E-state index is 14.1. The van der Waals surface area contributed by atoms with E-state index in [2.05, 4.69) is 20.4 Å². The SMILES string of the molecule is COc1ccc(-n2ncc(C(=O)Nc3ccccc3-c3nc4ccccc4[nH]3)c2C(F)(F)F)cc1. The quantitative estimate of drug-likeness (QED) is 0.340. The van der Waals surface area contributed by atoms with Gasteiger partial charge < -0.3 is 15.0 Å². The molecule has 0 aliphatic heterocycles. The van der Waals surface area contributed by atoms with Crippen molar-refractivity contribution in [1.82, 2.24) is 19.7 Å². The van der Waals surface area contributed by atoms with Crippen LogP contribution in [0.4, 0.5) is 18.9 Å². The van der Waals surface area contributed by atoms with E-state index < -0.39 is 23.3 Å². The van der Waals surface area contributed by atoms with E-state index in [0.717, 1.165) is 17.2 Å². The van der Waals surface area contributed by atoms with E-state index in [1.807, 2.05) is 24.3 Å². The van der Waals surface area contributed by atoms with Crippen molar-refractivity contribution >= 4 is 22.6 Å². The van der Waals surface area contributed by atoms with Crippen LogP contribution in [0.3, 0.4) is 0 Å². The lowest BCUT2D eigenvalue weighted by Gasteiger charge is -2.14. The Morgan fingerprint density at radius 3 is 2.43 bits per heavy atom. The Hall–Kier alpha value is -4.60. The second kappa shape index (κ2) is 8.64. The minimum absolute atomic E-state index is 0.139. The van der Waals surface area contributed by atoms with Crippen LogP contribution in [0.2, 0.25) is 0 Å².